The molecule has 0 atom stereocenters. The molecule has 0 radical (unpaired) electrons. The first kappa shape index (κ1) is 13.5. The second-order valence-corrected chi connectivity index (χ2v) is 4.63. The van der Waals surface area contributed by atoms with Gasteiger partial charge in [-0.15, -0.1) is 11.8 Å². The number of aliphatic hydroxyl groups excluding tert-OH is 1. The van der Waals surface area contributed by atoms with Crippen molar-refractivity contribution in [3.05, 3.63) is 30.1 Å². The van der Waals surface area contributed by atoms with Crippen molar-refractivity contribution in [1.29, 1.82) is 0 Å². The smallest absolute Gasteiger partial charge is 0.123 e. The fourth-order valence-corrected chi connectivity index (χ4v) is 2.31. The molecule has 0 saturated heterocycles. The van der Waals surface area contributed by atoms with Gasteiger partial charge in [-0.25, -0.2) is 4.39 Å². The largest absolute Gasteiger partial charge is 0.395 e. The molecule has 2 nitrogen and oxygen atoms in total. The van der Waals surface area contributed by atoms with E-state index in [4.69, 9.17) is 5.11 Å². The molecule has 0 saturated carbocycles. The number of nitrogens with zero attached hydrogens (tertiary/aromatic N) is 1. The summed E-state index contributed by atoms with van der Waals surface area (Å²) in [5.41, 5.74) is 0. The summed E-state index contributed by atoms with van der Waals surface area (Å²) >= 11 is 1.71. The van der Waals surface area contributed by atoms with Crippen LogP contribution >= 0.6 is 11.8 Å². The first-order valence-electron chi connectivity index (χ1n) is 5.48. The summed E-state index contributed by atoms with van der Waals surface area (Å²) in [5, 5.41) is 8.82. The molecule has 0 aliphatic heterocycles. The van der Waals surface area contributed by atoms with Gasteiger partial charge in [0.1, 0.15) is 5.82 Å². The molecule has 16 heavy (non-hydrogen) atoms. The molecule has 1 aromatic rings. The Balaban J connectivity index is 2.26. The van der Waals surface area contributed by atoms with Gasteiger partial charge < -0.3 is 10.0 Å². The van der Waals surface area contributed by atoms with E-state index >= 15 is 0 Å². The van der Waals surface area contributed by atoms with Crippen molar-refractivity contribution in [2.75, 3.05) is 32.0 Å². The number of rotatable bonds is 7. The molecule has 0 fully saturated rings. The summed E-state index contributed by atoms with van der Waals surface area (Å²) in [6, 6.07) is 6.55. The molecule has 0 heterocycles. The quantitative estimate of drug-likeness (QED) is 0.743. The second-order valence-electron chi connectivity index (χ2n) is 3.46. The molecule has 90 valence electrons. The van der Waals surface area contributed by atoms with Crippen molar-refractivity contribution < 1.29 is 9.50 Å². The number of hydrogen-bond acceptors (Lipinski definition) is 3. The Morgan fingerprint density at radius 3 is 2.50 bits per heavy atom. The number of benzene rings is 1. The molecule has 4 heteroatoms. The van der Waals surface area contributed by atoms with Gasteiger partial charge in [-0.3, -0.25) is 0 Å². The number of likely N-dealkylation sites (N-methyl/N-ethyl adjacent to an activating group) is 1. The molecule has 0 aromatic heterocycles. The third kappa shape index (κ3) is 4.96. The maximum Gasteiger partial charge on any atom is 0.123 e. The Hall–Kier alpha value is -0.580. The number of hydrogen-bond donors (Lipinski definition) is 1. The lowest BCUT2D eigenvalue weighted by Crippen LogP contribution is -2.28. The van der Waals surface area contributed by atoms with Gasteiger partial charge in [0.15, 0.2) is 0 Å². The maximum atomic E-state index is 12.6. The first-order chi connectivity index (χ1) is 7.76. The molecule has 0 aliphatic rings. The summed E-state index contributed by atoms with van der Waals surface area (Å²) in [4.78, 5) is 3.28. The summed E-state index contributed by atoms with van der Waals surface area (Å²) in [5.74, 6) is 0.763. The standard InChI is InChI=1S/C12H18FNOS/c1-2-14(7-9-15)8-10-16-12-5-3-11(13)4-6-12/h3-6,15H,2,7-10H2,1H3. The van der Waals surface area contributed by atoms with Crippen LogP contribution in [0.3, 0.4) is 0 Å². The van der Waals surface area contributed by atoms with Gasteiger partial charge in [-0.1, -0.05) is 6.92 Å². The first-order valence-corrected chi connectivity index (χ1v) is 6.46. The van der Waals surface area contributed by atoms with Crippen LogP contribution in [0, 0.1) is 5.82 Å². The second kappa shape index (κ2) is 7.65. The monoisotopic (exact) mass is 243 g/mol. The van der Waals surface area contributed by atoms with Gasteiger partial charge in [0.25, 0.3) is 0 Å². The molecule has 0 spiro atoms. The molecule has 0 unspecified atom stereocenters. The van der Waals surface area contributed by atoms with Crippen LogP contribution < -0.4 is 0 Å². The Kier molecular flexibility index (Phi) is 6.45. The molecule has 1 N–H and O–H groups in total. The Morgan fingerprint density at radius 1 is 1.25 bits per heavy atom. The molecular weight excluding hydrogens is 225 g/mol. The SMILES string of the molecule is CCN(CCO)CCSc1ccc(F)cc1. The fourth-order valence-electron chi connectivity index (χ4n) is 1.39. The van der Waals surface area contributed by atoms with E-state index in [1.165, 1.54) is 12.1 Å². The van der Waals surface area contributed by atoms with Crippen LogP contribution in [-0.4, -0.2) is 42.0 Å². The highest BCUT2D eigenvalue weighted by Gasteiger charge is 2.01. The molecule has 0 bridgehead atoms. The predicted molar refractivity (Wildman–Crippen MR) is 66.3 cm³/mol. The van der Waals surface area contributed by atoms with E-state index in [1.54, 1.807) is 23.9 Å². The lowest BCUT2D eigenvalue weighted by molar-refractivity contribution is 0.209. The van der Waals surface area contributed by atoms with E-state index in [2.05, 4.69) is 11.8 Å². The van der Waals surface area contributed by atoms with Crippen molar-refractivity contribution in [2.24, 2.45) is 0 Å². The van der Waals surface area contributed by atoms with Crippen LogP contribution in [0.15, 0.2) is 29.2 Å². The normalized spacial score (nSPS) is 11.0. The molecule has 0 aliphatic carbocycles. The molecular formula is C12H18FNOS. The maximum absolute atomic E-state index is 12.6. The highest BCUT2D eigenvalue weighted by molar-refractivity contribution is 7.99. The zero-order valence-corrected chi connectivity index (χ0v) is 10.3. The van der Waals surface area contributed by atoms with Crippen LogP contribution in [0.2, 0.25) is 0 Å². The van der Waals surface area contributed by atoms with Crippen LogP contribution in [0.1, 0.15) is 6.92 Å². The summed E-state index contributed by atoms with van der Waals surface area (Å²) in [6.07, 6.45) is 0. The lowest BCUT2D eigenvalue weighted by atomic mass is 10.4. The van der Waals surface area contributed by atoms with E-state index in [0.29, 0.717) is 0 Å². The van der Waals surface area contributed by atoms with E-state index in [-0.39, 0.29) is 12.4 Å². The Morgan fingerprint density at radius 2 is 1.94 bits per heavy atom. The van der Waals surface area contributed by atoms with E-state index < -0.39 is 0 Å². The zero-order chi connectivity index (χ0) is 11.8. The van der Waals surface area contributed by atoms with Gasteiger partial charge in [-0.05, 0) is 30.8 Å². The van der Waals surface area contributed by atoms with Crippen molar-refractivity contribution in [3.63, 3.8) is 0 Å². The van der Waals surface area contributed by atoms with Crippen molar-refractivity contribution in [3.8, 4) is 0 Å². The zero-order valence-electron chi connectivity index (χ0n) is 9.53. The van der Waals surface area contributed by atoms with Gasteiger partial charge in [-0.2, -0.15) is 0 Å². The molecule has 0 amide bonds. The van der Waals surface area contributed by atoms with Gasteiger partial charge in [0.05, 0.1) is 6.61 Å². The third-order valence-corrected chi connectivity index (χ3v) is 3.35. The third-order valence-electron chi connectivity index (χ3n) is 2.35. The summed E-state index contributed by atoms with van der Waals surface area (Å²) < 4.78 is 12.6. The highest BCUT2D eigenvalue weighted by Crippen LogP contribution is 2.17. The topological polar surface area (TPSA) is 23.5 Å². The Labute approximate surface area is 100 Å². The van der Waals surface area contributed by atoms with E-state index in [0.717, 1.165) is 30.3 Å². The summed E-state index contributed by atoms with van der Waals surface area (Å²) in [7, 11) is 0. The van der Waals surface area contributed by atoms with Crippen molar-refractivity contribution in [2.45, 2.75) is 11.8 Å². The lowest BCUT2D eigenvalue weighted by Gasteiger charge is -2.18. The van der Waals surface area contributed by atoms with Crippen molar-refractivity contribution in [1.82, 2.24) is 4.90 Å². The number of aliphatic hydroxyl groups is 1. The fraction of sp³-hybridized carbons (Fsp3) is 0.500. The van der Waals surface area contributed by atoms with Crippen LogP contribution in [0.4, 0.5) is 4.39 Å². The van der Waals surface area contributed by atoms with Crippen LogP contribution in [0.5, 0.6) is 0 Å². The molecule has 1 aromatic carbocycles. The minimum absolute atomic E-state index is 0.195. The van der Waals surface area contributed by atoms with E-state index in [9.17, 15) is 4.39 Å². The number of thioether (sulfide) groups is 1. The van der Waals surface area contributed by atoms with Crippen LogP contribution in [-0.2, 0) is 0 Å². The van der Waals surface area contributed by atoms with Crippen molar-refractivity contribution >= 4 is 11.8 Å². The average Bonchev–Trinajstić information content (AvgIpc) is 2.30. The highest BCUT2D eigenvalue weighted by atomic mass is 32.2. The van der Waals surface area contributed by atoms with Gasteiger partial charge >= 0.3 is 0 Å². The predicted octanol–water partition coefficient (Wildman–Crippen LogP) is 2.23. The minimum atomic E-state index is -0.195. The molecule has 1 rings (SSSR count). The van der Waals surface area contributed by atoms with Gasteiger partial charge in [0.2, 0.25) is 0 Å². The Bertz CT molecular complexity index is 292. The van der Waals surface area contributed by atoms with Crippen LogP contribution in [0.25, 0.3) is 0 Å². The van der Waals surface area contributed by atoms with Gasteiger partial charge in [0, 0.05) is 23.7 Å². The minimum Gasteiger partial charge on any atom is -0.395 e. The van der Waals surface area contributed by atoms with E-state index in [1.807, 2.05) is 0 Å². The summed E-state index contributed by atoms with van der Waals surface area (Å²) in [6.45, 7) is 4.90. The average molecular weight is 243 g/mol. The number of halogens is 1.